The van der Waals surface area contributed by atoms with Crippen molar-refractivity contribution >= 4 is 27.5 Å². The number of hydrogen-bond acceptors (Lipinski definition) is 5. The Bertz CT molecular complexity index is 705. The van der Waals surface area contributed by atoms with Crippen LogP contribution in [0.2, 0.25) is 0 Å². The van der Waals surface area contributed by atoms with E-state index in [1.165, 1.54) is 6.07 Å². The molecule has 0 amide bonds. The SMILES string of the molecule is O=[N+]([O-])c1cccc2c1ccc1nonc12. The number of nitro benzene ring substituents is 1. The molecule has 1 aromatic heterocycles. The largest absolute Gasteiger partial charge is 0.277 e. The maximum Gasteiger partial charge on any atom is 0.277 e. The van der Waals surface area contributed by atoms with E-state index in [2.05, 4.69) is 14.9 Å². The molecule has 0 saturated carbocycles. The highest BCUT2D eigenvalue weighted by molar-refractivity contribution is 6.06. The van der Waals surface area contributed by atoms with E-state index < -0.39 is 4.92 Å². The van der Waals surface area contributed by atoms with Gasteiger partial charge >= 0.3 is 0 Å². The van der Waals surface area contributed by atoms with Gasteiger partial charge in [-0.15, -0.1) is 0 Å². The summed E-state index contributed by atoms with van der Waals surface area (Å²) in [5.41, 5.74) is 1.19. The van der Waals surface area contributed by atoms with Gasteiger partial charge in [0.05, 0.1) is 10.3 Å². The van der Waals surface area contributed by atoms with Gasteiger partial charge in [0.15, 0.2) is 0 Å². The molecule has 0 bridgehead atoms. The molecule has 0 N–H and O–H groups in total. The van der Waals surface area contributed by atoms with Crippen molar-refractivity contribution < 1.29 is 9.55 Å². The van der Waals surface area contributed by atoms with Crippen LogP contribution in [0.5, 0.6) is 0 Å². The zero-order chi connectivity index (χ0) is 11.1. The number of fused-ring (bicyclic) bond motifs is 3. The molecule has 1 heterocycles. The molecule has 6 nitrogen and oxygen atoms in total. The molecule has 0 radical (unpaired) electrons. The van der Waals surface area contributed by atoms with Crippen LogP contribution in [0.4, 0.5) is 5.69 Å². The molecule has 78 valence electrons. The lowest BCUT2D eigenvalue weighted by molar-refractivity contribution is -0.383. The van der Waals surface area contributed by atoms with E-state index in [9.17, 15) is 10.1 Å². The Labute approximate surface area is 88.6 Å². The van der Waals surface area contributed by atoms with Crippen LogP contribution in [0, 0.1) is 10.1 Å². The molecule has 0 spiro atoms. The van der Waals surface area contributed by atoms with Gasteiger partial charge < -0.3 is 0 Å². The number of hydrogen-bond donors (Lipinski definition) is 0. The monoisotopic (exact) mass is 215 g/mol. The van der Waals surface area contributed by atoms with Gasteiger partial charge in [0, 0.05) is 11.5 Å². The first kappa shape index (κ1) is 8.78. The summed E-state index contributed by atoms with van der Waals surface area (Å²) in [6.07, 6.45) is 0. The smallest absolute Gasteiger partial charge is 0.258 e. The second-order valence-corrected chi connectivity index (χ2v) is 3.33. The summed E-state index contributed by atoms with van der Waals surface area (Å²) in [5.74, 6) is 0. The van der Waals surface area contributed by atoms with Crippen LogP contribution in [-0.2, 0) is 0 Å². The van der Waals surface area contributed by atoms with Gasteiger partial charge in [-0.3, -0.25) is 10.1 Å². The molecule has 2 aromatic carbocycles. The molecule has 0 aliphatic heterocycles. The molecule has 0 aliphatic rings. The Morgan fingerprint density at radius 2 is 2.00 bits per heavy atom. The first-order chi connectivity index (χ1) is 7.77. The predicted molar refractivity (Wildman–Crippen MR) is 56.0 cm³/mol. The first-order valence-electron chi connectivity index (χ1n) is 4.56. The summed E-state index contributed by atoms with van der Waals surface area (Å²) in [7, 11) is 0. The summed E-state index contributed by atoms with van der Waals surface area (Å²) in [4.78, 5) is 10.4. The number of benzene rings is 2. The molecule has 3 rings (SSSR count). The number of nitrogens with zero attached hydrogens (tertiary/aromatic N) is 3. The van der Waals surface area contributed by atoms with Crippen molar-refractivity contribution in [2.24, 2.45) is 0 Å². The van der Waals surface area contributed by atoms with E-state index >= 15 is 0 Å². The number of nitro groups is 1. The Kier molecular flexibility index (Phi) is 1.64. The molecular formula is C10H5N3O3. The molecule has 6 heteroatoms. The molecule has 16 heavy (non-hydrogen) atoms. The highest BCUT2D eigenvalue weighted by Gasteiger charge is 2.14. The average molecular weight is 215 g/mol. The number of aromatic nitrogens is 2. The Balaban J connectivity index is 2.53. The van der Waals surface area contributed by atoms with Crippen molar-refractivity contribution in [3.8, 4) is 0 Å². The van der Waals surface area contributed by atoms with Gasteiger partial charge in [-0.05, 0) is 22.4 Å². The zero-order valence-electron chi connectivity index (χ0n) is 7.95. The van der Waals surface area contributed by atoms with Crippen molar-refractivity contribution in [3.05, 3.63) is 40.4 Å². The Morgan fingerprint density at radius 3 is 2.81 bits per heavy atom. The van der Waals surface area contributed by atoms with Crippen molar-refractivity contribution in [2.75, 3.05) is 0 Å². The maximum atomic E-state index is 10.8. The molecule has 0 unspecified atom stereocenters. The van der Waals surface area contributed by atoms with Crippen LogP contribution in [0.1, 0.15) is 0 Å². The van der Waals surface area contributed by atoms with E-state index in [0.717, 1.165) is 0 Å². The summed E-state index contributed by atoms with van der Waals surface area (Å²) in [6.45, 7) is 0. The lowest BCUT2D eigenvalue weighted by Gasteiger charge is -1.98. The zero-order valence-corrected chi connectivity index (χ0v) is 7.95. The summed E-state index contributed by atoms with van der Waals surface area (Å²) < 4.78 is 4.60. The second kappa shape index (κ2) is 2.99. The van der Waals surface area contributed by atoms with Crippen LogP contribution in [0.25, 0.3) is 21.8 Å². The van der Waals surface area contributed by atoms with Crippen LogP contribution in [-0.4, -0.2) is 15.2 Å². The van der Waals surface area contributed by atoms with Gasteiger partial charge in [-0.2, -0.15) is 0 Å². The van der Waals surface area contributed by atoms with E-state index in [-0.39, 0.29) is 5.69 Å². The number of rotatable bonds is 1. The molecule has 0 aliphatic carbocycles. The van der Waals surface area contributed by atoms with Crippen molar-refractivity contribution in [3.63, 3.8) is 0 Å². The fraction of sp³-hybridized carbons (Fsp3) is 0. The maximum absolute atomic E-state index is 10.8. The molecule has 0 saturated heterocycles. The lowest BCUT2D eigenvalue weighted by atomic mass is 10.1. The summed E-state index contributed by atoms with van der Waals surface area (Å²) >= 11 is 0. The van der Waals surface area contributed by atoms with Gasteiger partial charge in [-0.1, -0.05) is 12.1 Å². The minimum Gasteiger partial charge on any atom is -0.258 e. The number of non-ortho nitro benzene ring substituents is 1. The highest BCUT2D eigenvalue weighted by Crippen LogP contribution is 2.29. The van der Waals surface area contributed by atoms with Crippen molar-refractivity contribution in [1.82, 2.24) is 10.3 Å². The quantitative estimate of drug-likeness (QED) is 0.459. The van der Waals surface area contributed by atoms with Crippen molar-refractivity contribution in [1.29, 1.82) is 0 Å². The topological polar surface area (TPSA) is 82.1 Å². The Hall–Kier alpha value is -2.50. The predicted octanol–water partition coefficient (Wildman–Crippen LogP) is 2.28. The Morgan fingerprint density at radius 1 is 1.12 bits per heavy atom. The summed E-state index contributed by atoms with van der Waals surface area (Å²) in [5, 5.41) is 19.5. The standard InChI is InChI=1S/C10H5N3O3/c14-13(15)9-3-1-2-7-6(9)4-5-8-10(7)12-16-11-8/h1-5H. The third kappa shape index (κ3) is 1.07. The normalized spacial score (nSPS) is 11.0. The van der Waals surface area contributed by atoms with E-state index in [1.54, 1.807) is 24.3 Å². The van der Waals surface area contributed by atoms with E-state index in [4.69, 9.17) is 0 Å². The molecule has 3 aromatic rings. The third-order valence-corrected chi connectivity index (χ3v) is 2.46. The van der Waals surface area contributed by atoms with Crippen molar-refractivity contribution in [2.45, 2.75) is 0 Å². The molecule has 0 fully saturated rings. The van der Waals surface area contributed by atoms with Crippen LogP contribution < -0.4 is 0 Å². The average Bonchev–Trinajstić information content (AvgIpc) is 2.76. The fourth-order valence-corrected chi connectivity index (χ4v) is 1.75. The highest BCUT2D eigenvalue weighted by atomic mass is 16.6. The minimum absolute atomic E-state index is 0.0578. The lowest BCUT2D eigenvalue weighted by Crippen LogP contribution is -1.89. The van der Waals surface area contributed by atoms with Gasteiger partial charge in [-0.25, -0.2) is 4.63 Å². The first-order valence-corrected chi connectivity index (χ1v) is 4.56. The van der Waals surface area contributed by atoms with Gasteiger partial charge in [0.1, 0.15) is 11.0 Å². The minimum atomic E-state index is -0.415. The fourth-order valence-electron chi connectivity index (χ4n) is 1.75. The van der Waals surface area contributed by atoms with Gasteiger partial charge in [0.25, 0.3) is 5.69 Å². The molecular weight excluding hydrogens is 210 g/mol. The summed E-state index contributed by atoms with van der Waals surface area (Å²) in [6, 6.07) is 8.15. The van der Waals surface area contributed by atoms with Gasteiger partial charge in [0.2, 0.25) is 0 Å². The van der Waals surface area contributed by atoms with E-state index in [1.807, 2.05) is 0 Å². The molecule has 0 atom stereocenters. The van der Waals surface area contributed by atoms with E-state index in [0.29, 0.717) is 21.8 Å². The van der Waals surface area contributed by atoms with Crippen LogP contribution in [0.15, 0.2) is 35.0 Å². The van der Waals surface area contributed by atoms with Crippen LogP contribution in [0.3, 0.4) is 0 Å². The third-order valence-electron chi connectivity index (χ3n) is 2.46. The second-order valence-electron chi connectivity index (χ2n) is 3.33. The van der Waals surface area contributed by atoms with Crippen LogP contribution >= 0.6 is 0 Å².